The molecule has 0 aromatic heterocycles. The number of rotatable bonds is 5. The first-order chi connectivity index (χ1) is 26.8. The Bertz CT molecular complexity index is 2070. The van der Waals surface area contributed by atoms with E-state index >= 15 is 0 Å². The van der Waals surface area contributed by atoms with Crippen molar-refractivity contribution in [2.45, 2.75) is 180 Å². The number of hydrazine groups is 3. The third kappa shape index (κ3) is 5.37. The van der Waals surface area contributed by atoms with E-state index < -0.39 is 0 Å². The molecule has 308 valence electrons. The van der Waals surface area contributed by atoms with Gasteiger partial charge in [0.15, 0.2) is 0 Å². The van der Waals surface area contributed by atoms with E-state index in [0.717, 1.165) is 32.2 Å². The molecule has 0 saturated heterocycles. The van der Waals surface area contributed by atoms with Crippen molar-refractivity contribution in [1.29, 1.82) is 0 Å². The lowest BCUT2D eigenvalue weighted by Crippen LogP contribution is -2.73. The van der Waals surface area contributed by atoms with Gasteiger partial charge in [0.2, 0.25) is 0 Å². The molecule has 3 aliphatic carbocycles. The Morgan fingerprint density at radius 2 is 1.35 bits per heavy atom. The van der Waals surface area contributed by atoms with Crippen molar-refractivity contribution in [2.24, 2.45) is 34.4 Å². The maximum atomic E-state index is 7.12. The monoisotopic (exact) mass is 771 g/mol. The predicted molar refractivity (Wildman–Crippen MR) is 240 cm³/mol. The molecule has 3 fully saturated rings. The van der Waals surface area contributed by atoms with Crippen molar-refractivity contribution in [1.82, 2.24) is 5.43 Å². The number of anilines is 3. The molecule has 0 bridgehead atoms. The summed E-state index contributed by atoms with van der Waals surface area (Å²) in [6.07, 6.45) is 15.7. The number of nitrogens with zero attached hydrogens (tertiary/aromatic N) is 3. The summed E-state index contributed by atoms with van der Waals surface area (Å²) in [5, 5.41) is 7.04. The Balaban J connectivity index is 1.06. The third-order valence-corrected chi connectivity index (χ3v) is 19.0. The van der Waals surface area contributed by atoms with Gasteiger partial charge in [0.05, 0.1) is 33.7 Å². The number of hydrogen-bond acceptors (Lipinski definition) is 6. The summed E-state index contributed by atoms with van der Waals surface area (Å²) in [5.41, 5.74) is 16.7. The molecule has 6 aliphatic rings. The molecule has 3 aromatic rings. The number of nitrogens with one attached hydrogen (secondary N) is 1. The van der Waals surface area contributed by atoms with Crippen molar-refractivity contribution in [3.8, 4) is 0 Å². The molecule has 5 N–H and O–H groups in total. The minimum Gasteiger partial charge on any atom is -0.305 e. The van der Waals surface area contributed by atoms with Crippen LogP contribution in [-0.2, 0) is 23.7 Å². The van der Waals surface area contributed by atoms with E-state index in [1.54, 1.807) is 0 Å². The van der Waals surface area contributed by atoms with E-state index in [1.165, 1.54) is 108 Å². The lowest BCUT2D eigenvalue weighted by atomic mass is 9.47. The van der Waals surface area contributed by atoms with Crippen LogP contribution >= 0.6 is 0 Å². The first kappa shape index (κ1) is 39.4. The number of aryl methyl sites for hydroxylation is 2. The van der Waals surface area contributed by atoms with Crippen molar-refractivity contribution in [2.75, 3.05) is 21.6 Å². The van der Waals surface area contributed by atoms with Gasteiger partial charge in [0.25, 0.3) is 0 Å². The maximum Gasteiger partial charge on any atom is 0.0597 e. The fraction of sp³-hybridized carbons (Fsp3) is 0.647. The van der Waals surface area contributed by atoms with Crippen molar-refractivity contribution >= 4 is 17.1 Å². The average molecular weight is 771 g/mol. The second-order valence-corrected chi connectivity index (χ2v) is 22.2. The van der Waals surface area contributed by atoms with Gasteiger partial charge >= 0.3 is 0 Å². The first-order valence-corrected chi connectivity index (χ1v) is 22.8. The SMILES string of the molecule is Cc1ccc2c(c1)CC1(C)CC(Cc3ccc4c(c3)C(C)(C)C3(C)CCCCC3(C)N4NCC3(C)c4cc(C)ccc4N(N)C4(C)CCCCC34)CCC1(C)N2N. The van der Waals surface area contributed by atoms with E-state index in [-0.39, 0.29) is 38.3 Å². The summed E-state index contributed by atoms with van der Waals surface area (Å²) in [7, 11) is 0. The minimum atomic E-state index is -0.0656. The molecule has 9 rings (SSSR count). The van der Waals surface area contributed by atoms with Crippen LogP contribution in [0.1, 0.15) is 159 Å². The number of benzene rings is 3. The van der Waals surface area contributed by atoms with Crippen LogP contribution in [0.5, 0.6) is 0 Å². The fourth-order valence-electron chi connectivity index (χ4n) is 14.6. The zero-order valence-electron chi connectivity index (χ0n) is 37.2. The van der Waals surface area contributed by atoms with Gasteiger partial charge in [-0.1, -0.05) is 108 Å². The van der Waals surface area contributed by atoms with Crippen LogP contribution in [0.15, 0.2) is 54.6 Å². The van der Waals surface area contributed by atoms with E-state index in [4.69, 9.17) is 11.7 Å². The highest BCUT2D eigenvalue weighted by molar-refractivity contribution is 5.66. The van der Waals surface area contributed by atoms with E-state index in [2.05, 4.69) is 144 Å². The summed E-state index contributed by atoms with van der Waals surface area (Å²) < 4.78 is 0. The Kier molecular flexibility index (Phi) is 8.97. The first-order valence-electron chi connectivity index (χ1n) is 22.8. The molecule has 0 spiro atoms. The molecular weight excluding hydrogens is 697 g/mol. The van der Waals surface area contributed by atoms with E-state index in [9.17, 15) is 0 Å². The van der Waals surface area contributed by atoms with E-state index in [1.807, 2.05) is 0 Å². The molecular formula is C51H74N6. The minimum absolute atomic E-state index is 0.0221. The highest BCUT2D eigenvalue weighted by Crippen LogP contribution is 2.64. The third-order valence-electron chi connectivity index (χ3n) is 19.0. The topological polar surface area (TPSA) is 73.8 Å². The molecule has 8 atom stereocenters. The maximum absolute atomic E-state index is 7.12. The number of fused-ring (bicyclic) bond motifs is 6. The molecule has 3 heterocycles. The normalized spacial score (nSPS) is 38.0. The van der Waals surface area contributed by atoms with Gasteiger partial charge in [-0.3, -0.25) is 0 Å². The highest BCUT2D eigenvalue weighted by Gasteiger charge is 2.63. The van der Waals surface area contributed by atoms with Gasteiger partial charge in [-0.15, -0.1) is 0 Å². The largest absolute Gasteiger partial charge is 0.305 e. The Morgan fingerprint density at radius 3 is 2.12 bits per heavy atom. The van der Waals surface area contributed by atoms with Crippen LogP contribution in [0.2, 0.25) is 0 Å². The van der Waals surface area contributed by atoms with Crippen LogP contribution in [0.25, 0.3) is 0 Å². The quantitative estimate of drug-likeness (QED) is 0.224. The zero-order chi connectivity index (χ0) is 40.6. The molecule has 0 amide bonds. The predicted octanol–water partition coefficient (Wildman–Crippen LogP) is 10.9. The summed E-state index contributed by atoms with van der Waals surface area (Å²) in [4.78, 5) is 0. The molecule has 3 saturated carbocycles. The van der Waals surface area contributed by atoms with Crippen LogP contribution in [0.4, 0.5) is 17.1 Å². The molecule has 0 radical (unpaired) electrons. The second kappa shape index (κ2) is 13.0. The summed E-state index contributed by atoms with van der Waals surface area (Å²) in [5.74, 6) is 15.3. The summed E-state index contributed by atoms with van der Waals surface area (Å²) in [6.45, 7) is 25.7. The summed E-state index contributed by atoms with van der Waals surface area (Å²) >= 11 is 0. The number of hydrogen-bond donors (Lipinski definition) is 3. The van der Waals surface area contributed by atoms with E-state index in [0.29, 0.717) is 11.8 Å². The molecule has 3 aromatic carbocycles. The molecule has 8 unspecified atom stereocenters. The van der Waals surface area contributed by atoms with Crippen LogP contribution < -0.4 is 32.1 Å². The lowest BCUT2D eigenvalue weighted by molar-refractivity contribution is -0.00581. The van der Waals surface area contributed by atoms with Crippen molar-refractivity contribution in [3.63, 3.8) is 0 Å². The van der Waals surface area contributed by atoms with Gasteiger partial charge in [-0.05, 0) is 156 Å². The van der Waals surface area contributed by atoms with Crippen molar-refractivity contribution < 1.29 is 0 Å². The van der Waals surface area contributed by atoms with Crippen LogP contribution in [0, 0.1) is 36.5 Å². The Labute approximate surface area is 345 Å². The average Bonchev–Trinajstić information content (AvgIpc) is 3.16. The Hall–Kier alpha value is -3.06. The second-order valence-electron chi connectivity index (χ2n) is 22.2. The molecule has 6 nitrogen and oxygen atoms in total. The van der Waals surface area contributed by atoms with Crippen molar-refractivity contribution in [3.05, 3.63) is 88.0 Å². The molecule has 57 heavy (non-hydrogen) atoms. The van der Waals surface area contributed by atoms with Gasteiger partial charge in [0, 0.05) is 17.4 Å². The smallest absolute Gasteiger partial charge is 0.0597 e. The van der Waals surface area contributed by atoms with Gasteiger partial charge in [-0.2, -0.15) is 0 Å². The molecule has 3 aliphatic heterocycles. The fourth-order valence-corrected chi connectivity index (χ4v) is 14.6. The Morgan fingerprint density at radius 1 is 0.667 bits per heavy atom. The summed E-state index contributed by atoms with van der Waals surface area (Å²) in [6, 6.07) is 21.5. The lowest BCUT2D eigenvalue weighted by Gasteiger charge is -2.67. The van der Waals surface area contributed by atoms with Gasteiger partial charge < -0.3 is 15.0 Å². The zero-order valence-corrected chi connectivity index (χ0v) is 37.2. The van der Waals surface area contributed by atoms with Gasteiger partial charge in [-0.25, -0.2) is 17.1 Å². The molecule has 6 heteroatoms. The van der Waals surface area contributed by atoms with Gasteiger partial charge in [0.1, 0.15) is 0 Å². The van der Waals surface area contributed by atoms with Crippen LogP contribution in [-0.4, -0.2) is 23.2 Å². The standard InChI is InChI=1S/C51H74N6/c1-34-16-19-41-38(27-34)32-46(5)31-37(22-26-50(46,9)56(41)53)29-36-18-21-43-39(30-36)45(3,4)49(8)24-13-14-25-51(49,10)57(43)54-33-47(6)40-28-35(2)17-20-42(40)55(52)48(7)23-12-11-15-44(47)48/h16-21,27-28,30,37,44,54H,11-15,22-26,29,31-33,52-53H2,1-10H3. The highest BCUT2D eigenvalue weighted by atomic mass is 15.6. The van der Waals surface area contributed by atoms with Crippen LogP contribution in [0.3, 0.4) is 0 Å². The number of nitrogens with two attached hydrogens (primary N) is 2.